The smallest absolute Gasteiger partial charge is 0.310 e. The van der Waals surface area contributed by atoms with Crippen molar-refractivity contribution in [3.8, 4) is 0 Å². The molecule has 2 aliphatic rings. The van der Waals surface area contributed by atoms with E-state index >= 15 is 0 Å². The molecule has 5 rings (SSSR count). The van der Waals surface area contributed by atoms with Gasteiger partial charge in [-0.05, 0) is 48.9 Å². The van der Waals surface area contributed by atoms with Gasteiger partial charge in [0.15, 0.2) is 0 Å². The number of H-pyrrole nitrogens is 1. The van der Waals surface area contributed by atoms with Gasteiger partial charge in [-0.2, -0.15) is 0 Å². The molecule has 0 bridgehead atoms. The number of nitrogens with zero attached hydrogens (tertiary/aromatic N) is 2. The zero-order chi connectivity index (χ0) is 25.8. The number of aryl methyl sites for hydroxylation is 1. The van der Waals surface area contributed by atoms with Gasteiger partial charge in [-0.1, -0.05) is 61.9 Å². The molecule has 36 heavy (non-hydrogen) atoms. The molecule has 1 saturated carbocycles. The highest BCUT2D eigenvalue weighted by Crippen LogP contribution is 3.02. The lowest BCUT2D eigenvalue weighted by Crippen LogP contribution is -2.34. The monoisotopic (exact) mass is 525 g/mol. The summed E-state index contributed by atoms with van der Waals surface area (Å²) in [5, 5.41) is 0. The largest absolute Gasteiger partial charge is 0.338 e. The number of amides is 1. The molecule has 0 radical (unpaired) electrons. The van der Waals surface area contributed by atoms with Gasteiger partial charge in [0.05, 0.1) is 29.6 Å². The van der Waals surface area contributed by atoms with Crippen molar-refractivity contribution in [3.05, 3.63) is 93.2 Å². The highest BCUT2D eigenvalue weighted by molar-refractivity contribution is 8.45. The zero-order valence-corrected chi connectivity index (χ0v) is 20.0. The second-order valence-electron chi connectivity index (χ2n) is 9.50. The summed E-state index contributed by atoms with van der Waals surface area (Å²) in [5.74, 6) is 0.0543. The summed E-state index contributed by atoms with van der Waals surface area (Å²) in [7, 11) is -9.85. The van der Waals surface area contributed by atoms with E-state index in [1.165, 1.54) is 11.0 Å². The van der Waals surface area contributed by atoms with E-state index in [4.69, 9.17) is 4.98 Å². The first kappa shape index (κ1) is 24.5. The van der Waals surface area contributed by atoms with E-state index < -0.39 is 27.4 Å². The molecule has 1 aliphatic heterocycles. The normalized spacial score (nSPS) is 19.0. The van der Waals surface area contributed by atoms with Gasteiger partial charge in [0.2, 0.25) is 5.91 Å². The lowest BCUT2D eigenvalue weighted by atomic mass is 9.94. The van der Waals surface area contributed by atoms with Gasteiger partial charge in [0.1, 0.15) is 10.7 Å². The van der Waals surface area contributed by atoms with E-state index in [9.17, 15) is 29.0 Å². The van der Waals surface area contributed by atoms with E-state index in [1.54, 1.807) is 0 Å². The van der Waals surface area contributed by atoms with Gasteiger partial charge in [-0.25, -0.2) is 4.98 Å². The number of hydrogen-bond acceptors (Lipinski definition) is 3. The third-order valence-electron chi connectivity index (χ3n) is 6.87. The lowest BCUT2D eigenvalue weighted by Gasteiger charge is -2.40. The van der Waals surface area contributed by atoms with Gasteiger partial charge in [0.25, 0.3) is 5.56 Å². The first-order valence-electron chi connectivity index (χ1n) is 11.5. The Morgan fingerprint density at radius 2 is 1.75 bits per heavy atom. The number of aromatic amines is 1. The van der Waals surface area contributed by atoms with Crippen LogP contribution in [-0.2, 0) is 29.6 Å². The second kappa shape index (κ2) is 7.64. The zero-order valence-electron chi connectivity index (χ0n) is 19.2. The molecule has 1 amide bonds. The lowest BCUT2D eigenvalue weighted by molar-refractivity contribution is -0.131. The number of rotatable bonds is 5. The number of carbonyl (C=O) groups excluding carboxylic acids is 1. The number of nitrogens with one attached hydrogen (secondary N) is 1. The standard InChI is InChI=1S/C25H24F5N3O2S/c26-36(27,28,29,30)19-9-4-6-17(14-19)15-22(34)33-13-5-10-21-20(16-33)23(35)32-24(31-21)25(11-12-25)18-7-2-1-3-8-18/h1-4,6-9,14H,5,10-13,15-16H2,(H,31,32,35). The van der Waals surface area contributed by atoms with Gasteiger partial charge < -0.3 is 9.88 Å². The second-order valence-corrected chi connectivity index (χ2v) is 11.9. The molecular formula is C25H24F5N3O2S. The van der Waals surface area contributed by atoms with Gasteiger partial charge in [-0.15, -0.1) is 0 Å². The van der Waals surface area contributed by atoms with Crippen LogP contribution in [0.1, 0.15) is 47.5 Å². The van der Waals surface area contributed by atoms with Crippen molar-refractivity contribution < 1.29 is 24.2 Å². The number of benzene rings is 2. The molecule has 1 aliphatic carbocycles. The molecule has 2 aromatic carbocycles. The topological polar surface area (TPSA) is 66.1 Å². The number of hydrogen-bond donors (Lipinski definition) is 1. The Balaban J connectivity index is 1.38. The van der Waals surface area contributed by atoms with Crippen molar-refractivity contribution >= 4 is 16.1 Å². The maximum atomic E-state index is 13.2. The SMILES string of the molecule is O=C(Cc1cccc(S(F)(F)(F)(F)F)c1)N1CCCc2nc(C3(c4ccccc4)CC3)[nH]c(=O)c2C1. The average molecular weight is 526 g/mol. The van der Waals surface area contributed by atoms with Crippen LogP contribution in [0.2, 0.25) is 0 Å². The van der Waals surface area contributed by atoms with Crippen molar-refractivity contribution in [2.75, 3.05) is 6.54 Å². The quantitative estimate of drug-likeness (QED) is 0.414. The van der Waals surface area contributed by atoms with Gasteiger partial charge in [-0.3, -0.25) is 9.59 Å². The molecule has 1 fully saturated rings. The number of aromatic nitrogens is 2. The van der Waals surface area contributed by atoms with Crippen LogP contribution < -0.4 is 5.56 Å². The summed E-state index contributed by atoms with van der Waals surface area (Å²) >= 11 is 0. The fraction of sp³-hybridized carbons (Fsp3) is 0.320. The summed E-state index contributed by atoms with van der Waals surface area (Å²) in [6, 6.07) is 12.5. The predicted octanol–water partition coefficient (Wildman–Crippen LogP) is 6.02. The fourth-order valence-corrected chi connectivity index (χ4v) is 5.50. The van der Waals surface area contributed by atoms with E-state index in [0.717, 1.165) is 24.5 Å². The maximum absolute atomic E-state index is 13.2. The van der Waals surface area contributed by atoms with E-state index in [2.05, 4.69) is 4.98 Å². The highest BCUT2D eigenvalue weighted by atomic mass is 32.5. The van der Waals surface area contributed by atoms with Crippen molar-refractivity contribution in [3.63, 3.8) is 0 Å². The number of fused-ring (bicyclic) bond motifs is 1. The minimum Gasteiger partial charge on any atom is -0.338 e. The Bertz CT molecular complexity index is 1400. The predicted molar refractivity (Wildman–Crippen MR) is 127 cm³/mol. The van der Waals surface area contributed by atoms with E-state index in [-0.39, 0.29) is 29.6 Å². The van der Waals surface area contributed by atoms with Gasteiger partial charge >= 0.3 is 10.2 Å². The van der Waals surface area contributed by atoms with E-state index in [1.807, 2.05) is 30.3 Å². The molecule has 11 heteroatoms. The van der Waals surface area contributed by atoms with Crippen molar-refractivity contribution in [2.45, 2.75) is 49.0 Å². The summed E-state index contributed by atoms with van der Waals surface area (Å²) in [6.45, 7) is 0.228. The third kappa shape index (κ3) is 4.76. The Morgan fingerprint density at radius 1 is 1.03 bits per heavy atom. The molecule has 2 heterocycles. The molecule has 5 nitrogen and oxygen atoms in total. The fourth-order valence-electron chi connectivity index (χ4n) is 4.79. The molecule has 192 valence electrons. The highest BCUT2D eigenvalue weighted by Gasteiger charge is 2.65. The number of halogens is 5. The molecule has 1 aromatic heterocycles. The molecule has 3 aromatic rings. The minimum atomic E-state index is -9.85. The van der Waals surface area contributed by atoms with E-state index in [0.29, 0.717) is 42.1 Å². The first-order valence-corrected chi connectivity index (χ1v) is 13.5. The van der Waals surface area contributed by atoms with Gasteiger partial charge in [0, 0.05) is 6.54 Å². The average Bonchev–Trinajstić information content (AvgIpc) is 3.63. The van der Waals surface area contributed by atoms with Crippen LogP contribution in [0.15, 0.2) is 64.3 Å². The summed E-state index contributed by atoms with van der Waals surface area (Å²) in [5.41, 5.74) is 1.18. The Morgan fingerprint density at radius 3 is 2.42 bits per heavy atom. The summed E-state index contributed by atoms with van der Waals surface area (Å²) in [6.07, 6.45) is 2.22. The maximum Gasteiger partial charge on any atom is 0.310 e. The minimum absolute atomic E-state index is 0.0453. The molecule has 0 spiro atoms. The van der Waals surface area contributed by atoms with Crippen LogP contribution >= 0.6 is 10.2 Å². The Hall–Kier alpha value is -3.21. The molecule has 0 saturated heterocycles. The summed E-state index contributed by atoms with van der Waals surface area (Å²) in [4.78, 5) is 33.0. The van der Waals surface area contributed by atoms with Crippen molar-refractivity contribution in [2.24, 2.45) is 0 Å². The molecule has 1 N–H and O–H groups in total. The van der Waals surface area contributed by atoms with Crippen LogP contribution in [0.4, 0.5) is 19.4 Å². The van der Waals surface area contributed by atoms with Crippen LogP contribution in [0.5, 0.6) is 0 Å². The summed E-state index contributed by atoms with van der Waals surface area (Å²) < 4.78 is 65.9. The van der Waals surface area contributed by atoms with Crippen LogP contribution in [0, 0.1) is 0 Å². The molecule has 0 atom stereocenters. The van der Waals surface area contributed by atoms with Crippen LogP contribution in [0.25, 0.3) is 0 Å². The third-order valence-corrected chi connectivity index (χ3v) is 8.02. The Labute approximate surface area is 204 Å². The Kier molecular flexibility index (Phi) is 5.20. The number of carbonyl (C=O) groups is 1. The van der Waals surface area contributed by atoms with Crippen molar-refractivity contribution in [1.82, 2.24) is 14.9 Å². The van der Waals surface area contributed by atoms with Crippen molar-refractivity contribution in [1.29, 1.82) is 0 Å². The van der Waals surface area contributed by atoms with Crippen LogP contribution in [0.3, 0.4) is 0 Å². The molecular weight excluding hydrogens is 501 g/mol. The van der Waals surface area contributed by atoms with Crippen LogP contribution in [-0.4, -0.2) is 27.3 Å². The first-order chi connectivity index (χ1) is 16.7. The molecule has 0 unspecified atom stereocenters.